The Labute approximate surface area is 80.3 Å². The van der Waals surface area contributed by atoms with E-state index in [0.29, 0.717) is 5.69 Å². The van der Waals surface area contributed by atoms with Crippen LogP contribution in [0.1, 0.15) is 16.1 Å². The molecule has 0 aliphatic heterocycles. The number of esters is 1. The number of methoxy groups -OCH3 is 1. The summed E-state index contributed by atoms with van der Waals surface area (Å²) in [7, 11) is 1.29. The quantitative estimate of drug-likeness (QED) is 0.710. The molecule has 5 nitrogen and oxygen atoms in total. The molecule has 0 radical (unpaired) electrons. The Morgan fingerprint density at radius 1 is 1.50 bits per heavy atom. The van der Waals surface area contributed by atoms with Crippen LogP contribution in [0.3, 0.4) is 0 Å². The Hall–Kier alpha value is -1.91. The molecule has 14 heavy (non-hydrogen) atoms. The van der Waals surface area contributed by atoms with E-state index in [2.05, 4.69) is 9.72 Å². The maximum absolute atomic E-state index is 10.8. The molecule has 0 unspecified atom stereocenters. The van der Waals surface area contributed by atoms with Crippen molar-refractivity contribution in [2.24, 2.45) is 0 Å². The Morgan fingerprint density at radius 2 is 2.21 bits per heavy atom. The molecule has 0 saturated heterocycles. The van der Waals surface area contributed by atoms with Crippen molar-refractivity contribution in [3.63, 3.8) is 0 Å². The highest BCUT2D eigenvalue weighted by molar-refractivity contribution is 5.87. The molecule has 74 valence electrons. The van der Waals surface area contributed by atoms with Gasteiger partial charge in [-0.3, -0.25) is 9.78 Å². The molecule has 0 saturated carbocycles. The summed E-state index contributed by atoms with van der Waals surface area (Å²) >= 11 is 0. The minimum Gasteiger partial charge on any atom is -0.478 e. The van der Waals surface area contributed by atoms with Crippen molar-refractivity contribution in [3.8, 4) is 0 Å². The first-order valence-electron chi connectivity index (χ1n) is 3.88. The third-order valence-electron chi connectivity index (χ3n) is 1.62. The van der Waals surface area contributed by atoms with Crippen LogP contribution < -0.4 is 0 Å². The van der Waals surface area contributed by atoms with Crippen LogP contribution in [-0.4, -0.2) is 29.1 Å². The number of carboxylic acids is 1. The van der Waals surface area contributed by atoms with Gasteiger partial charge in [-0.25, -0.2) is 4.79 Å². The number of rotatable bonds is 3. The number of hydrogen-bond donors (Lipinski definition) is 1. The lowest BCUT2D eigenvalue weighted by molar-refractivity contribution is -0.139. The summed E-state index contributed by atoms with van der Waals surface area (Å²) in [4.78, 5) is 25.1. The third-order valence-corrected chi connectivity index (χ3v) is 1.62. The van der Waals surface area contributed by atoms with Crippen LogP contribution in [-0.2, 0) is 16.0 Å². The van der Waals surface area contributed by atoms with Gasteiger partial charge in [-0.15, -0.1) is 0 Å². The van der Waals surface area contributed by atoms with Gasteiger partial charge >= 0.3 is 11.9 Å². The summed E-state index contributed by atoms with van der Waals surface area (Å²) in [6.07, 6.45) is 1.26. The minimum atomic E-state index is -1.04. The molecule has 0 bridgehead atoms. The van der Waals surface area contributed by atoms with Gasteiger partial charge in [0.05, 0.1) is 24.8 Å². The van der Waals surface area contributed by atoms with Gasteiger partial charge in [0, 0.05) is 6.20 Å². The van der Waals surface area contributed by atoms with E-state index in [9.17, 15) is 9.59 Å². The highest BCUT2D eigenvalue weighted by Gasteiger charge is 2.06. The molecular formula is C9H9NO4. The van der Waals surface area contributed by atoms with Crippen molar-refractivity contribution in [1.29, 1.82) is 0 Å². The fourth-order valence-corrected chi connectivity index (χ4v) is 0.876. The second kappa shape index (κ2) is 4.36. The van der Waals surface area contributed by atoms with Gasteiger partial charge in [0.2, 0.25) is 0 Å². The van der Waals surface area contributed by atoms with Gasteiger partial charge in [-0.1, -0.05) is 0 Å². The second-order valence-corrected chi connectivity index (χ2v) is 2.60. The number of carboxylic acid groups (broad SMARTS) is 1. The largest absolute Gasteiger partial charge is 0.478 e. The molecule has 1 aromatic heterocycles. The molecule has 1 aromatic rings. The number of ether oxygens (including phenoxy) is 1. The monoisotopic (exact) mass is 195 g/mol. The molecule has 1 heterocycles. The minimum absolute atomic E-state index is 0.0520. The third kappa shape index (κ3) is 2.55. The molecule has 0 aromatic carbocycles. The van der Waals surface area contributed by atoms with Crippen LogP contribution in [0.4, 0.5) is 0 Å². The van der Waals surface area contributed by atoms with Crippen LogP contribution in [0, 0.1) is 0 Å². The standard InChI is InChI=1S/C9H9NO4/c1-14-8(11)4-7-3-2-6(5-10-7)9(12)13/h2-3,5H,4H2,1H3,(H,12,13). The Kier molecular flexibility index (Phi) is 3.17. The molecular weight excluding hydrogens is 186 g/mol. The van der Waals surface area contributed by atoms with Crippen molar-refractivity contribution >= 4 is 11.9 Å². The van der Waals surface area contributed by atoms with E-state index in [4.69, 9.17) is 5.11 Å². The first kappa shape index (κ1) is 10.2. The van der Waals surface area contributed by atoms with Gasteiger partial charge in [0.1, 0.15) is 0 Å². The van der Waals surface area contributed by atoms with E-state index < -0.39 is 11.9 Å². The summed E-state index contributed by atoms with van der Waals surface area (Å²) in [5.41, 5.74) is 0.584. The van der Waals surface area contributed by atoms with Crippen LogP contribution in [0.5, 0.6) is 0 Å². The van der Waals surface area contributed by atoms with Gasteiger partial charge in [-0.05, 0) is 12.1 Å². The molecule has 5 heteroatoms. The van der Waals surface area contributed by atoms with Crippen LogP contribution >= 0.6 is 0 Å². The maximum Gasteiger partial charge on any atom is 0.337 e. The summed E-state index contributed by atoms with van der Waals surface area (Å²) in [5.74, 6) is -1.44. The smallest absolute Gasteiger partial charge is 0.337 e. The Balaban J connectivity index is 2.73. The fourth-order valence-electron chi connectivity index (χ4n) is 0.876. The maximum atomic E-state index is 10.8. The zero-order chi connectivity index (χ0) is 10.6. The van der Waals surface area contributed by atoms with Gasteiger partial charge in [-0.2, -0.15) is 0 Å². The number of hydrogen-bond acceptors (Lipinski definition) is 4. The molecule has 0 fully saturated rings. The van der Waals surface area contributed by atoms with E-state index in [-0.39, 0.29) is 12.0 Å². The average Bonchev–Trinajstić information content (AvgIpc) is 2.18. The second-order valence-electron chi connectivity index (χ2n) is 2.60. The van der Waals surface area contributed by atoms with Gasteiger partial charge in [0.15, 0.2) is 0 Å². The Bertz CT molecular complexity index is 344. The van der Waals surface area contributed by atoms with Crippen molar-refractivity contribution < 1.29 is 19.4 Å². The summed E-state index contributed by atoms with van der Waals surface area (Å²) in [6.45, 7) is 0. The van der Waals surface area contributed by atoms with Crippen molar-refractivity contribution in [2.45, 2.75) is 6.42 Å². The van der Waals surface area contributed by atoms with E-state index in [1.807, 2.05) is 0 Å². The van der Waals surface area contributed by atoms with Crippen molar-refractivity contribution in [2.75, 3.05) is 7.11 Å². The topological polar surface area (TPSA) is 76.5 Å². The van der Waals surface area contributed by atoms with E-state index >= 15 is 0 Å². The van der Waals surface area contributed by atoms with Crippen molar-refractivity contribution in [3.05, 3.63) is 29.6 Å². The molecule has 1 N–H and O–H groups in total. The number of aromatic carboxylic acids is 1. The molecule has 0 spiro atoms. The van der Waals surface area contributed by atoms with Crippen LogP contribution in [0.15, 0.2) is 18.3 Å². The van der Waals surface area contributed by atoms with E-state index in [0.717, 1.165) is 0 Å². The van der Waals surface area contributed by atoms with Crippen LogP contribution in [0.25, 0.3) is 0 Å². The first-order valence-corrected chi connectivity index (χ1v) is 3.88. The number of carbonyl (C=O) groups is 2. The zero-order valence-electron chi connectivity index (χ0n) is 7.56. The van der Waals surface area contributed by atoms with Crippen LogP contribution in [0.2, 0.25) is 0 Å². The highest BCUT2D eigenvalue weighted by atomic mass is 16.5. The lowest BCUT2D eigenvalue weighted by Gasteiger charge is -1.99. The fraction of sp³-hybridized carbons (Fsp3) is 0.222. The summed E-state index contributed by atoms with van der Waals surface area (Å²) in [5, 5.41) is 8.57. The van der Waals surface area contributed by atoms with Crippen molar-refractivity contribution in [1.82, 2.24) is 4.98 Å². The highest BCUT2D eigenvalue weighted by Crippen LogP contribution is 2.01. The lowest BCUT2D eigenvalue weighted by Crippen LogP contribution is -2.06. The average molecular weight is 195 g/mol. The first-order chi connectivity index (χ1) is 6.63. The van der Waals surface area contributed by atoms with E-state index in [1.54, 1.807) is 0 Å². The predicted octanol–water partition coefficient (Wildman–Crippen LogP) is 0.495. The number of carbonyl (C=O) groups excluding carboxylic acids is 1. The molecule has 1 rings (SSSR count). The molecule has 0 atom stereocenters. The molecule has 0 amide bonds. The van der Waals surface area contributed by atoms with Gasteiger partial charge < -0.3 is 9.84 Å². The number of nitrogens with zero attached hydrogens (tertiary/aromatic N) is 1. The van der Waals surface area contributed by atoms with E-state index in [1.165, 1.54) is 25.4 Å². The molecule has 0 aliphatic carbocycles. The normalized spacial score (nSPS) is 9.50. The zero-order valence-corrected chi connectivity index (χ0v) is 7.56. The predicted molar refractivity (Wildman–Crippen MR) is 46.9 cm³/mol. The Morgan fingerprint density at radius 3 is 2.64 bits per heavy atom. The SMILES string of the molecule is COC(=O)Cc1ccc(C(=O)O)cn1. The number of pyridine rings is 1. The lowest BCUT2D eigenvalue weighted by atomic mass is 10.2. The summed E-state index contributed by atoms with van der Waals surface area (Å²) in [6, 6.07) is 2.88. The summed E-state index contributed by atoms with van der Waals surface area (Å²) < 4.78 is 4.44. The molecule has 0 aliphatic rings. The number of aromatic nitrogens is 1. The van der Waals surface area contributed by atoms with Gasteiger partial charge in [0.25, 0.3) is 0 Å².